The molecule has 0 spiro atoms. The first kappa shape index (κ1) is 11.2. The maximum absolute atomic E-state index is 5.84. The van der Waals surface area contributed by atoms with Gasteiger partial charge in [0.1, 0.15) is 0 Å². The van der Waals surface area contributed by atoms with E-state index < -0.39 is 0 Å². The zero-order valence-electron chi connectivity index (χ0n) is 9.27. The Hall–Kier alpha value is -0.890. The SMILES string of the molecule is CC(N)CC(c1ccccn1)C(C)C. The molecule has 78 valence electrons. The van der Waals surface area contributed by atoms with Crippen LogP contribution in [0.2, 0.25) is 0 Å². The normalized spacial score (nSPS) is 15.5. The van der Waals surface area contributed by atoms with Crippen molar-refractivity contribution in [1.82, 2.24) is 4.98 Å². The second-order valence-electron chi connectivity index (χ2n) is 4.32. The highest BCUT2D eigenvalue weighted by atomic mass is 14.7. The summed E-state index contributed by atoms with van der Waals surface area (Å²) in [6, 6.07) is 6.32. The number of aromatic nitrogens is 1. The molecule has 1 heterocycles. The van der Waals surface area contributed by atoms with Gasteiger partial charge in [0.05, 0.1) is 0 Å². The molecule has 0 aliphatic rings. The zero-order chi connectivity index (χ0) is 10.6. The van der Waals surface area contributed by atoms with Crippen molar-refractivity contribution in [3.05, 3.63) is 30.1 Å². The minimum atomic E-state index is 0.240. The minimum Gasteiger partial charge on any atom is -0.328 e. The molecular formula is C12H20N2. The molecule has 1 rings (SSSR count). The fraction of sp³-hybridized carbons (Fsp3) is 0.583. The highest BCUT2D eigenvalue weighted by Gasteiger charge is 2.18. The van der Waals surface area contributed by atoms with Crippen LogP contribution in [0.5, 0.6) is 0 Å². The molecule has 0 saturated heterocycles. The zero-order valence-corrected chi connectivity index (χ0v) is 9.27. The summed E-state index contributed by atoms with van der Waals surface area (Å²) in [5.41, 5.74) is 7.01. The Morgan fingerprint density at radius 1 is 1.29 bits per heavy atom. The summed E-state index contributed by atoms with van der Waals surface area (Å²) < 4.78 is 0. The summed E-state index contributed by atoms with van der Waals surface area (Å²) in [4.78, 5) is 4.40. The summed E-state index contributed by atoms with van der Waals surface area (Å²) >= 11 is 0. The molecule has 0 aliphatic heterocycles. The molecule has 0 bridgehead atoms. The van der Waals surface area contributed by atoms with Crippen molar-refractivity contribution < 1.29 is 0 Å². The Morgan fingerprint density at radius 3 is 2.43 bits per heavy atom. The van der Waals surface area contributed by atoms with Crippen molar-refractivity contribution in [3.8, 4) is 0 Å². The van der Waals surface area contributed by atoms with Crippen LogP contribution in [0.4, 0.5) is 0 Å². The summed E-state index contributed by atoms with van der Waals surface area (Å²) in [6.07, 6.45) is 2.86. The lowest BCUT2D eigenvalue weighted by Crippen LogP contribution is -2.21. The molecule has 0 aliphatic carbocycles. The minimum absolute atomic E-state index is 0.240. The fourth-order valence-electron chi connectivity index (χ4n) is 1.73. The highest BCUT2D eigenvalue weighted by molar-refractivity contribution is 5.10. The Morgan fingerprint density at radius 2 is 2.00 bits per heavy atom. The quantitative estimate of drug-likeness (QED) is 0.796. The lowest BCUT2D eigenvalue weighted by Gasteiger charge is -2.21. The predicted molar refractivity (Wildman–Crippen MR) is 60.1 cm³/mol. The lowest BCUT2D eigenvalue weighted by molar-refractivity contribution is 0.429. The number of nitrogens with zero attached hydrogens (tertiary/aromatic N) is 1. The highest BCUT2D eigenvalue weighted by Crippen LogP contribution is 2.26. The van der Waals surface area contributed by atoms with Gasteiger partial charge in [0.2, 0.25) is 0 Å². The first-order chi connectivity index (χ1) is 6.61. The average molecular weight is 192 g/mol. The molecule has 2 N–H and O–H groups in total. The third kappa shape index (κ3) is 3.11. The van der Waals surface area contributed by atoms with Gasteiger partial charge in [0.15, 0.2) is 0 Å². The van der Waals surface area contributed by atoms with Gasteiger partial charge < -0.3 is 5.73 Å². The molecule has 0 aromatic carbocycles. The number of hydrogen-bond acceptors (Lipinski definition) is 2. The van der Waals surface area contributed by atoms with Crippen LogP contribution in [0.15, 0.2) is 24.4 Å². The third-order valence-corrected chi connectivity index (χ3v) is 2.50. The number of rotatable bonds is 4. The van der Waals surface area contributed by atoms with Crippen LogP contribution in [0, 0.1) is 5.92 Å². The molecule has 0 fully saturated rings. The first-order valence-corrected chi connectivity index (χ1v) is 5.27. The molecule has 2 unspecified atom stereocenters. The van der Waals surface area contributed by atoms with Crippen molar-refractivity contribution in [1.29, 1.82) is 0 Å². The van der Waals surface area contributed by atoms with Crippen molar-refractivity contribution in [2.24, 2.45) is 11.7 Å². The number of pyridine rings is 1. The third-order valence-electron chi connectivity index (χ3n) is 2.50. The van der Waals surface area contributed by atoms with E-state index in [1.54, 1.807) is 0 Å². The van der Waals surface area contributed by atoms with Gasteiger partial charge in [-0.15, -0.1) is 0 Å². The van der Waals surface area contributed by atoms with Crippen LogP contribution >= 0.6 is 0 Å². The van der Waals surface area contributed by atoms with E-state index in [1.807, 2.05) is 18.3 Å². The van der Waals surface area contributed by atoms with Crippen molar-refractivity contribution in [3.63, 3.8) is 0 Å². The molecule has 0 amide bonds. The monoisotopic (exact) mass is 192 g/mol. The van der Waals surface area contributed by atoms with Gasteiger partial charge in [-0.3, -0.25) is 4.98 Å². The first-order valence-electron chi connectivity index (χ1n) is 5.27. The topological polar surface area (TPSA) is 38.9 Å². The molecule has 0 radical (unpaired) electrons. The Bertz CT molecular complexity index is 254. The molecule has 0 saturated carbocycles. The standard InChI is InChI=1S/C12H20N2/c1-9(2)11(8-10(3)13)12-6-4-5-7-14-12/h4-7,9-11H,8,13H2,1-3H3. The second kappa shape index (κ2) is 5.11. The number of nitrogens with two attached hydrogens (primary N) is 1. The van der Waals surface area contributed by atoms with E-state index in [0.717, 1.165) is 6.42 Å². The fourth-order valence-corrected chi connectivity index (χ4v) is 1.73. The summed E-state index contributed by atoms with van der Waals surface area (Å²) in [6.45, 7) is 6.50. The molecular weight excluding hydrogens is 172 g/mol. The van der Waals surface area contributed by atoms with Crippen LogP contribution in [-0.2, 0) is 0 Å². The van der Waals surface area contributed by atoms with Crippen LogP contribution in [-0.4, -0.2) is 11.0 Å². The largest absolute Gasteiger partial charge is 0.328 e. The van der Waals surface area contributed by atoms with Gasteiger partial charge in [-0.2, -0.15) is 0 Å². The molecule has 2 atom stereocenters. The Kier molecular flexibility index (Phi) is 4.08. The van der Waals surface area contributed by atoms with E-state index in [2.05, 4.69) is 31.8 Å². The van der Waals surface area contributed by atoms with Gasteiger partial charge in [-0.05, 0) is 31.4 Å². The molecule has 1 aromatic rings. The van der Waals surface area contributed by atoms with Crippen LogP contribution < -0.4 is 5.73 Å². The summed E-state index contributed by atoms with van der Waals surface area (Å²) in [7, 11) is 0. The molecule has 1 aromatic heterocycles. The maximum Gasteiger partial charge on any atom is 0.0437 e. The Balaban J connectivity index is 2.78. The van der Waals surface area contributed by atoms with E-state index in [0.29, 0.717) is 11.8 Å². The van der Waals surface area contributed by atoms with Gasteiger partial charge in [-0.25, -0.2) is 0 Å². The Labute approximate surface area is 86.5 Å². The van der Waals surface area contributed by atoms with E-state index >= 15 is 0 Å². The van der Waals surface area contributed by atoms with Crippen LogP contribution in [0.1, 0.15) is 38.8 Å². The summed E-state index contributed by atoms with van der Waals surface area (Å²) in [5.74, 6) is 1.08. The van der Waals surface area contributed by atoms with Gasteiger partial charge >= 0.3 is 0 Å². The lowest BCUT2D eigenvalue weighted by atomic mass is 9.87. The van der Waals surface area contributed by atoms with Crippen molar-refractivity contribution in [2.75, 3.05) is 0 Å². The predicted octanol–water partition coefficient (Wildman–Crippen LogP) is 2.56. The van der Waals surface area contributed by atoms with Crippen molar-refractivity contribution in [2.45, 2.75) is 39.2 Å². The van der Waals surface area contributed by atoms with E-state index in [9.17, 15) is 0 Å². The summed E-state index contributed by atoms with van der Waals surface area (Å²) in [5, 5.41) is 0. The van der Waals surface area contributed by atoms with Crippen LogP contribution in [0.25, 0.3) is 0 Å². The van der Waals surface area contributed by atoms with Crippen LogP contribution in [0.3, 0.4) is 0 Å². The smallest absolute Gasteiger partial charge is 0.0437 e. The average Bonchev–Trinajstić information content (AvgIpc) is 2.15. The van der Waals surface area contributed by atoms with Gasteiger partial charge in [0.25, 0.3) is 0 Å². The van der Waals surface area contributed by atoms with E-state index in [-0.39, 0.29) is 6.04 Å². The molecule has 2 nitrogen and oxygen atoms in total. The molecule has 14 heavy (non-hydrogen) atoms. The number of hydrogen-bond donors (Lipinski definition) is 1. The van der Waals surface area contributed by atoms with E-state index in [4.69, 9.17) is 5.73 Å². The van der Waals surface area contributed by atoms with E-state index in [1.165, 1.54) is 5.69 Å². The van der Waals surface area contributed by atoms with Gasteiger partial charge in [-0.1, -0.05) is 19.9 Å². The second-order valence-corrected chi connectivity index (χ2v) is 4.32. The molecule has 2 heteroatoms. The maximum atomic E-state index is 5.84. The van der Waals surface area contributed by atoms with Crippen molar-refractivity contribution >= 4 is 0 Å². The van der Waals surface area contributed by atoms with Gasteiger partial charge in [0, 0.05) is 23.9 Å².